The number of hydrogen-bond acceptors (Lipinski definition) is 5. The number of rotatable bonds is 9. The fourth-order valence-corrected chi connectivity index (χ4v) is 5.24. The fourth-order valence-electron chi connectivity index (χ4n) is 4.87. The molecule has 0 aliphatic carbocycles. The number of carbonyl (C=O) groups is 1. The SMILES string of the molecule is CCN(CC)CCN1C(=O)c2oc3ccc(Br)cc3c(=O)c2C1c1cccc(OCc2ccccc2)c1. The van der Waals surface area contributed by atoms with Gasteiger partial charge in [-0.2, -0.15) is 0 Å². The molecule has 0 fully saturated rings. The van der Waals surface area contributed by atoms with Gasteiger partial charge in [0, 0.05) is 17.6 Å². The van der Waals surface area contributed by atoms with E-state index in [1.54, 1.807) is 23.1 Å². The summed E-state index contributed by atoms with van der Waals surface area (Å²) in [6.45, 7) is 7.57. The van der Waals surface area contributed by atoms with Crippen LogP contribution >= 0.6 is 15.9 Å². The zero-order valence-electron chi connectivity index (χ0n) is 20.9. The van der Waals surface area contributed by atoms with Gasteiger partial charge in [-0.15, -0.1) is 0 Å². The largest absolute Gasteiger partial charge is 0.489 e. The normalized spacial score (nSPS) is 15.0. The lowest BCUT2D eigenvalue weighted by molar-refractivity contribution is 0.0708. The van der Waals surface area contributed by atoms with Gasteiger partial charge in [0.2, 0.25) is 5.76 Å². The molecule has 0 N–H and O–H groups in total. The van der Waals surface area contributed by atoms with Crippen LogP contribution in [0.3, 0.4) is 0 Å². The van der Waals surface area contributed by atoms with Crippen LogP contribution in [0.2, 0.25) is 0 Å². The molecule has 7 heteroatoms. The van der Waals surface area contributed by atoms with Gasteiger partial charge in [-0.1, -0.05) is 72.2 Å². The molecule has 4 aromatic rings. The minimum absolute atomic E-state index is 0.125. The van der Waals surface area contributed by atoms with Crippen molar-refractivity contribution >= 4 is 32.8 Å². The predicted octanol–water partition coefficient (Wildman–Crippen LogP) is 6.02. The molecule has 1 aromatic heterocycles. The van der Waals surface area contributed by atoms with Crippen molar-refractivity contribution in [2.75, 3.05) is 26.2 Å². The van der Waals surface area contributed by atoms with Gasteiger partial charge < -0.3 is 19.0 Å². The van der Waals surface area contributed by atoms with E-state index >= 15 is 0 Å². The molecule has 5 rings (SSSR count). The molecule has 2 heterocycles. The summed E-state index contributed by atoms with van der Waals surface area (Å²) < 4.78 is 12.9. The second kappa shape index (κ2) is 10.9. The topological polar surface area (TPSA) is 63.0 Å². The van der Waals surface area contributed by atoms with Gasteiger partial charge in [0.05, 0.1) is 17.0 Å². The summed E-state index contributed by atoms with van der Waals surface area (Å²) in [6, 6.07) is 22.3. The van der Waals surface area contributed by atoms with Crippen LogP contribution in [0, 0.1) is 0 Å². The average Bonchev–Trinajstić information content (AvgIpc) is 3.21. The molecule has 1 unspecified atom stereocenters. The Labute approximate surface area is 224 Å². The summed E-state index contributed by atoms with van der Waals surface area (Å²) in [5, 5.41) is 0.452. The Bertz CT molecular complexity index is 1480. The third kappa shape index (κ3) is 5.06. The second-order valence-electron chi connectivity index (χ2n) is 9.09. The minimum atomic E-state index is -0.557. The van der Waals surface area contributed by atoms with Crippen LogP contribution in [0.15, 0.2) is 86.5 Å². The molecule has 0 saturated heterocycles. The maximum absolute atomic E-state index is 13.8. The van der Waals surface area contributed by atoms with E-state index in [-0.39, 0.29) is 17.1 Å². The highest BCUT2D eigenvalue weighted by Gasteiger charge is 2.42. The maximum atomic E-state index is 13.8. The van der Waals surface area contributed by atoms with Crippen molar-refractivity contribution in [1.29, 1.82) is 0 Å². The molecule has 0 bridgehead atoms. The van der Waals surface area contributed by atoms with Crippen molar-refractivity contribution in [3.05, 3.63) is 110 Å². The Kier molecular flexibility index (Phi) is 7.44. The lowest BCUT2D eigenvalue weighted by Gasteiger charge is -2.28. The number of amides is 1. The van der Waals surface area contributed by atoms with E-state index in [1.165, 1.54) is 0 Å². The Hall–Kier alpha value is -3.42. The molecular weight excluding hydrogens is 532 g/mol. The summed E-state index contributed by atoms with van der Waals surface area (Å²) in [7, 11) is 0. The summed E-state index contributed by atoms with van der Waals surface area (Å²) >= 11 is 3.45. The molecule has 0 saturated carbocycles. The molecule has 1 aliphatic heterocycles. The van der Waals surface area contributed by atoms with Crippen molar-refractivity contribution in [3.8, 4) is 5.75 Å². The molecule has 3 aromatic carbocycles. The van der Waals surface area contributed by atoms with Gasteiger partial charge in [-0.25, -0.2) is 0 Å². The minimum Gasteiger partial charge on any atom is -0.489 e. The summed E-state index contributed by atoms with van der Waals surface area (Å²) in [4.78, 5) is 31.5. The number of fused-ring (bicyclic) bond motifs is 2. The molecular formula is C30H29BrN2O4. The highest BCUT2D eigenvalue weighted by molar-refractivity contribution is 9.10. The van der Waals surface area contributed by atoms with Crippen LogP contribution in [0.5, 0.6) is 5.75 Å². The van der Waals surface area contributed by atoms with Crippen LogP contribution in [-0.4, -0.2) is 41.9 Å². The summed E-state index contributed by atoms with van der Waals surface area (Å²) in [5.41, 5.74) is 2.49. The average molecular weight is 561 g/mol. The molecule has 1 atom stereocenters. The lowest BCUT2D eigenvalue weighted by Crippen LogP contribution is -2.37. The first-order valence-electron chi connectivity index (χ1n) is 12.6. The number of hydrogen-bond donors (Lipinski definition) is 0. The van der Waals surface area contributed by atoms with Crippen molar-refractivity contribution in [1.82, 2.24) is 9.80 Å². The van der Waals surface area contributed by atoms with E-state index in [4.69, 9.17) is 9.15 Å². The lowest BCUT2D eigenvalue weighted by atomic mass is 9.98. The predicted molar refractivity (Wildman–Crippen MR) is 148 cm³/mol. The second-order valence-corrected chi connectivity index (χ2v) is 10.0. The van der Waals surface area contributed by atoms with Crippen LogP contribution in [0.25, 0.3) is 11.0 Å². The first-order chi connectivity index (χ1) is 18.0. The van der Waals surface area contributed by atoms with Crippen molar-refractivity contribution in [2.45, 2.75) is 26.5 Å². The van der Waals surface area contributed by atoms with E-state index in [0.29, 0.717) is 42.0 Å². The number of ether oxygens (including phenoxy) is 1. The zero-order chi connectivity index (χ0) is 25.9. The third-order valence-corrected chi connectivity index (χ3v) is 7.39. The smallest absolute Gasteiger partial charge is 0.290 e. The molecule has 1 aliphatic rings. The van der Waals surface area contributed by atoms with Gasteiger partial charge in [0.25, 0.3) is 5.91 Å². The standard InChI is InChI=1S/C30H29BrN2O4/c1-3-32(4-2)15-16-33-27(21-11-8-12-23(17-21)36-19-20-9-6-5-7-10-20)26-28(34)24-18-22(31)13-14-25(24)37-29(26)30(33)35/h5-14,17-18,27H,3-4,15-16,19H2,1-2H3. The van der Waals surface area contributed by atoms with E-state index < -0.39 is 6.04 Å². The summed E-state index contributed by atoms with van der Waals surface area (Å²) in [5.74, 6) is 0.545. The highest BCUT2D eigenvalue weighted by atomic mass is 79.9. The van der Waals surface area contributed by atoms with Crippen molar-refractivity contribution in [3.63, 3.8) is 0 Å². The molecule has 37 heavy (non-hydrogen) atoms. The first kappa shape index (κ1) is 25.2. The number of benzene rings is 3. The summed E-state index contributed by atoms with van der Waals surface area (Å²) in [6.07, 6.45) is 0. The van der Waals surface area contributed by atoms with Crippen LogP contribution in [-0.2, 0) is 6.61 Å². The monoisotopic (exact) mass is 560 g/mol. The van der Waals surface area contributed by atoms with Gasteiger partial charge in [-0.3, -0.25) is 9.59 Å². The van der Waals surface area contributed by atoms with E-state index in [2.05, 4.69) is 34.7 Å². The van der Waals surface area contributed by atoms with Crippen LogP contribution < -0.4 is 10.2 Å². The van der Waals surface area contributed by atoms with Crippen molar-refractivity contribution in [2.24, 2.45) is 0 Å². The number of halogens is 1. The Morgan fingerprint density at radius 1 is 0.973 bits per heavy atom. The molecule has 1 amide bonds. The fraction of sp³-hybridized carbons (Fsp3) is 0.267. The van der Waals surface area contributed by atoms with E-state index in [1.807, 2.05) is 54.6 Å². The molecule has 190 valence electrons. The Morgan fingerprint density at radius 2 is 1.76 bits per heavy atom. The quantitative estimate of drug-likeness (QED) is 0.250. The molecule has 0 radical (unpaired) electrons. The Balaban J connectivity index is 1.56. The number of nitrogens with zero attached hydrogens (tertiary/aromatic N) is 2. The van der Waals surface area contributed by atoms with Crippen LogP contribution in [0.4, 0.5) is 0 Å². The van der Waals surface area contributed by atoms with Crippen molar-refractivity contribution < 1.29 is 13.9 Å². The molecule has 6 nitrogen and oxygen atoms in total. The number of likely N-dealkylation sites (N-methyl/N-ethyl adjacent to an activating group) is 1. The van der Waals surface area contributed by atoms with E-state index in [9.17, 15) is 9.59 Å². The Morgan fingerprint density at radius 3 is 2.51 bits per heavy atom. The number of carbonyl (C=O) groups excluding carboxylic acids is 1. The third-order valence-electron chi connectivity index (χ3n) is 6.90. The van der Waals surface area contributed by atoms with Gasteiger partial charge in [0.15, 0.2) is 5.43 Å². The highest BCUT2D eigenvalue weighted by Crippen LogP contribution is 2.39. The van der Waals surface area contributed by atoms with Gasteiger partial charge in [-0.05, 0) is 54.5 Å². The zero-order valence-corrected chi connectivity index (χ0v) is 22.5. The maximum Gasteiger partial charge on any atom is 0.290 e. The van der Waals surface area contributed by atoms with Gasteiger partial charge >= 0.3 is 0 Å². The van der Waals surface area contributed by atoms with E-state index in [0.717, 1.165) is 28.7 Å². The van der Waals surface area contributed by atoms with Crippen LogP contribution in [0.1, 0.15) is 47.1 Å². The molecule has 0 spiro atoms. The first-order valence-corrected chi connectivity index (χ1v) is 13.4. The van der Waals surface area contributed by atoms with Gasteiger partial charge in [0.1, 0.15) is 17.9 Å².